The van der Waals surface area contributed by atoms with Crippen LogP contribution in [0.3, 0.4) is 0 Å². The van der Waals surface area contributed by atoms with Gasteiger partial charge in [-0.05, 0) is 43.5 Å². The molecular formula is C19H21N3O3S2. The van der Waals surface area contributed by atoms with E-state index < -0.39 is 10.0 Å². The summed E-state index contributed by atoms with van der Waals surface area (Å²) in [6.07, 6.45) is 0.139. The third-order valence-corrected chi connectivity index (χ3v) is 7.11. The number of benzene rings is 1. The van der Waals surface area contributed by atoms with E-state index in [9.17, 15) is 13.2 Å². The van der Waals surface area contributed by atoms with Crippen LogP contribution in [0.2, 0.25) is 0 Å². The van der Waals surface area contributed by atoms with Crippen LogP contribution >= 0.6 is 11.3 Å². The average molecular weight is 404 g/mol. The summed E-state index contributed by atoms with van der Waals surface area (Å²) >= 11 is 1.21. The monoisotopic (exact) mass is 403 g/mol. The summed E-state index contributed by atoms with van der Waals surface area (Å²) in [6.45, 7) is 5.11. The number of sulfonamides is 1. The first kappa shape index (κ1) is 19.3. The third kappa shape index (κ3) is 4.45. The van der Waals surface area contributed by atoms with Crippen molar-refractivity contribution in [3.8, 4) is 0 Å². The van der Waals surface area contributed by atoms with Gasteiger partial charge in [0.05, 0.1) is 12.1 Å². The molecule has 8 heteroatoms. The average Bonchev–Trinajstić information content (AvgIpc) is 3.08. The van der Waals surface area contributed by atoms with Crippen LogP contribution in [0.25, 0.3) is 10.1 Å². The van der Waals surface area contributed by atoms with Crippen LogP contribution < -0.4 is 4.72 Å². The van der Waals surface area contributed by atoms with Gasteiger partial charge in [0.1, 0.15) is 10.0 Å². The Hall–Kier alpha value is -2.45. The van der Waals surface area contributed by atoms with Crippen LogP contribution in [0.1, 0.15) is 19.5 Å². The smallest absolute Gasteiger partial charge is 0.272 e. The molecule has 0 spiro atoms. The molecule has 0 bridgehead atoms. The van der Waals surface area contributed by atoms with Crippen molar-refractivity contribution in [1.29, 1.82) is 0 Å². The van der Waals surface area contributed by atoms with Crippen LogP contribution in [0.4, 0.5) is 5.82 Å². The van der Waals surface area contributed by atoms with Gasteiger partial charge in [0.25, 0.3) is 10.0 Å². The molecule has 1 amide bonds. The summed E-state index contributed by atoms with van der Waals surface area (Å²) < 4.78 is 29.0. The highest BCUT2D eigenvalue weighted by Gasteiger charge is 2.19. The quantitative estimate of drug-likeness (QED) is 0.655. The van der Waals surface area contributed by atoms with E-state index in [-0.39, 0.29) is 22.4 Å². The van der Waals surface area contributed by atoms with Gasteiger partial charge in [-0.1, -0.05) is 24.3 Å². The molecular weight excluding hydrogens is 382 g/mol. The van der Waals surface area contributed by atoms with Crippen molar-refractivity contribution in [2.24, 2.45) is 0 Å². The number of hydrogen-bond acceptors (Lipinski definition) is 5. The van der Waals surface area contributed by atoms with E-state index in [0.29, 0.717) is 18.8 Å². The lowest BCUT2D eigenvalue weighted by Gasteiger charge is -2.18. The molecule has 3 aromatic rings. The first-order valence-electron chi connectivity index (χ1n) is 8.68. The number of likely N-dealkylation sites (N-methyl/N-ethyl adjacent to an activating group) is 1. The normalized spacial score (nSPS) is 11.5. The number of fused-ring (bicyclic) bond motifs is 1. The molecule has 0 atom stereocenters. The predicted octanol–water partition coefficient (Wildman–Crippen LogP) is 3.51. The standard InChI is InChI=1S/C19H21N3O3S2/c1-3-22(4-2)18(23)13-15-9-7-11-17(20-15)21-27(24,25)19-12-14-8-5-6-10-16(14)26-19/h5-12H,3-4,13H2,1-2H3,(H,20,21). The highest BCUT2D eigenvalue weighted by atomic mass is 32.2. The van der Waals surface area contributed by atoms with Gasteiger partial charge < -0.3 is 4.90 Å². The molecule has 3 rings (SSSR count). The Morgan fingerprint density at radius 2 is 1.85 bits per heavy atom. The second kappa shape index (κ2) is 8.06. The number of nitrogens with zero attached hydrogens (tertiary/aromatic N) is 2. The van der Waals surface area contributed by atoms with Crippen LogP contribution in [0.5, 0.6) is 0 Å². The Labute approximate surface area is 162 Å². The van der Waals surface area contributed by atoms with Gasteiger partial charge in [0.2, 0.25) is 5.91 Å². The lowest BCUT2D eigenvalue weighted by molar-refractivity contribution is -0.130. The van der Waals surface area contributed by atoms with Gasteiger partial charge in [-0.2, -0.15) is 0 Å². The Kier molecular flexibility index (Phi) is 5.76. The largest absolute Gasteiger partial charge is 0.343 e. The van der Waals surface area contributed by atoms with E-state index in [4.69, 9.17) is 0 Å². The summed E-state index contributed by atoms with van der Waals surface area (Å²) in [7, 11) is -3.74. The molecule has 1 aromatic carbocycles. The molecule has 0 saturated carbocycles. The number of amides is 1. The molecule has 0 aliphatic rings. The van der Waals surface area contributed by atoms with E-state index in [0.717, 1.165) is 10.1 Å². The zero-order valence-corrected chi connectivity index (χ0v) is 16.8. The number of carbonyl (C=O) groups is 1. The van der Waals surface area contributed by atoms with Crippen molar-refractivity contribution in [2.45, 2.75) is 24.5 Å². The van der Waals surface area contributed by atoms with Crippen LogP contribution in [0.15, 0.2) is 52.7 Å². The van der Waals surface area contributed by atoms with Gasteiger partial charge in [-0.3, -0.25) is 9.52 Å². The number of thiophene rings is 1. The van der Waals surface area contributed by atoms with Crippen LogP contribution in [-0.4, -0.2) is 37.3 Å². The summed E-state index contributed by atoms with van der Waals surface area (Å²) in [5, 5.41) is 0.884. The van der Waals surface area contributed by atoms with E-state index >= 15 is 0 Å². The number of hydrogen-bond donors (Lipinski definition) is 1. The molecule has 2 aromatic heterocycles. The van der Waals surface area contributed by atoms with E-state index in [1.807, 2.05) is 38.1 Å². The molecule has 27 heavy (non-hydrogen) atoms. The van der Waals surface area contributed by atoms with Crippen LogP contribution in [0, 0.1) is 0 Å². The fraction of sp³-hybridized carbons (Fsp3) is 0.263. The maximum atomic E-state index is 12.7. The summed E-state index contributed by atoms with van der Waals surface area (Å²) in [6, 6.07) is 14.2. The number of aromatic nitrogens is 1. The zero-order chi connectivity index (χ0) is 19.4. The predicted molar refractivity (Wildman–Crippen MR) is 109 cm³/mol. The molecule has 0 fully saturated rings. The summed E-state index contributed by atoms with van der Waals surface area (Å²) in [4.78, 5) is 18.3. The molecule has 0 unspecified atom stereocenters. The SMILES string of the molecule is CCN(CC)C(=O)Cc1cccc(NS(=O)(=O)c2cc3ccccc3s2)n1. The molecule has 0 radical (unpaired) electrons. The number of pyridine rings is 1. The Morgan fingerprint density at radius 3 is 2.56 bits per heavy atom. The van der Waals surface area contributed by atoms with Crippen molar-refractivity contribution in [1.82, 2.24) is 9.88 Å². The number of anilines is 1. The molecule has 2 heterocycles. The first-order chi connectivity index (χ1) is 12.9. The topological polar surface area (TPSA) is 79.4 Å². The number of rotatable bonds is 7. The van der Waals surface area contributed by atoms with Gasteiger partial charge in [0.15, 0.2) is 0 Å². The van der Waals surface area contributed by atoms with Crippen molar-refractivity contribution in [3.63, 3.8) is 0 Å². The third-order valence-electron chi connectivity index (χ3n) is 4.16. The fourth-order valence-corrected chi connectivity index (χ4v) is 5.15. The lowest BCUT2D eigenvalue weighted by atomic mass is 10.2. The van der Waals surface area contributed by atoms with Gasteiger partial charge in [-0.15, -0.1) is 11.3 Å². The van der Waals surface area contributed by atoms with Crippen molar-refractivity contribution in [2.75, 3.05) is 17.8 Å². The highest BCUT2D eigenvalue weighted by molar-refractivity contribution is 7.94. The van der Waals surface area contributed by atoms with Crippen molar-refractivity contribution < 1.29 is 13.2 Å². The molecule has 6 nitrogen and oxygen atoms in total. The fourth-order valence-electron chi connectivity index (χ4n) is 2.76. The number of nitrogens with one attached hydrogen (secondary N) is 1. The van der Waals surface area contributed by atoms with Gasteiger partial charge in [0, 0.05) is 17.8 Å². The summed E-state index contributed by atoms with van der Waals surface area (Å²) in [5.74, 6) is 0.175. The Morgan fingerprint density at radius 1 is 1.11 bits per heavy atom. The molecule has 1 N–H and O–H groups in total. The van der Waals surface area contributed by atoms with Gasteiger partial charge >= 0.3 is 0 Å². The zero-order valence-electron chi connectivity index (χ0n) is 15.2. The van der Waals surface area contributed by atoms with Crippen molar-refractivity contribution in [3.05, 3.63) is 54.2 Å². The van der Waals surface area contributed by atoms with E-state index in [1.54, 1.807) is 29.2 Å². The van der Waals surface area contributed by atoms with E-state index in [2.05, 4.69) is 9.71 Å². The minimum Gasteiger partial charge on any atom is -0.343 e. The minimum atomic E-state index is -3.74. The molecule has 0 aliphatic carbocycles. The second-order valence-corrected chi connectivity index (χ2v) is 8.96. The van der Waals surface area contributed by atoms with Crippen LogP contribution in [-0.2, 0) is 21.2 Å². The second-order valence-electron chi connectivity index (χ2n) is 5.97. The molecule has 0 saturated heterocycles. The summed E-state index contributed by atoms with van der Waals surface area (Å²) in [5.41, 5.74) is 0.531. The lowest BCUT2D eigenvalue weighted by Crippen LogP contribution is -2.32. The Bertz CT molecular complexity index is 1020. The van der Waals surface area contributed by atoms with E-state index in [1.165, 1.54) is 11.3 Å². The minimum absolute atomic E-state index is 0.0305. The molecule has 142 valence electrons. The first-order valence-corrected chi connectivity index (χ1v) is 11.0. The maximum absolute atomic E-state index is 12.7. The maximum Gasteiger partial charge on any atom is 0.272 e. The molecule has 0 aliphatic heterocycles. The Balaban J connectivity index is 1.79. The number of carbonyl (C=O) groups excluding carboxylic acids is 1. The van der Waals surface area contributed by atoms with Gasteiger partial charge in [-0.25, -0.2) is 13.4 Å². The highest BCUT2D eigenvalue weighted by Crippen LogP contribution is 2.29. The van der Waals surface area contributed by atoms with Crippen molar-refractivity contribution >= 4 is 43.2 Å².